The van der Waals surface area contributed by atoms with Crippen LogP contribution in [0.1, 0.15) is 18.4 Å². The van der Waals surface area contributed by atoms with Crippen molar-refractivity contribution in [3.8, 4) is 0 Å². The van der Waals surface area contributed by atoms with Gasteiger partial charge in [-0.1, -0.05) is 12.1 Å². The average Bonchev–Trinajstić information content (AvgIpc) is 2.67. The molecular formula is C14H15IN2O3. The number of carbonyl (C=O) groups excluding carboxylic acids is 2. The van der Waals surface area contributed by atoms with E-state index in [2.05, 4.69) is 27.9 Å². The number of nitrogens with one attached hydrogen (secondary N) is 1. The van der Waals surface area contributed by atoms with Gasteiger partial charge in [-0.05, 0) is 40.3 Å². The smallest absolute Gasteiger partial charge is 0.325 e. The molecule has 0 atom stereocenters. The lowest BCUT2D eigenvalue weighted by atomic mass is 9.90. The van der Waals surface area contributed by atoms with E-state index in [0.717, 1.165) is 9.13 Å². The molecule has 106 valence electrons. The number of nitrogens with zero attached hydrogens (tertiary/aromatic N) is 1. The highest BCUT2D eigenvalue weighted by atomic mass is 127. The van der Waals surface area contributed by atoms with E-state index in [1.165, 1.54) is 4.90 Å². The highest BCUT2D eigenvalue weighted by Gasteiger charge is 2.51. The van der Waals surface area contributed by atoms with Gasteiger partial charge in [0.25, 0.3) is 5.91 Å². The van der Waals surface area contributed by atoms with E-state index in [1.54, 1.807) is 0 Å². The van der Waals surface area contributed by atoms with Gasteiger partial charge in [-0.15, -0.1) is 0 Å². The van der Waals surface area contributed by atoms with Crippen LogP contribution in [0.2, 0.25) is 0 Å². The summed E-state index contributed by atoms with van der Waals surface area (Å²) in [7, 11) is 0. The number of benzene rings is 1. The number of halogens is 1. The van der Waals surface area contributed by atoms with Gasteiger partial charge in [0.2, 0.25) is 0 Å². The normalized spacial score (nSPS) is 21.4. The number of amides is 3. The summed E-state index contributed by atoms with van der Waals surface area (Å²) >= 11 is 2.23. The fraction of sp³-hybridized carbons (Fsp3) is 0.429. The first-order valence-corrected chi connectivity index (χ1v) is 7.65. The molecule has 2 aliphatic rings. The van der Waals surface area contributed by atoms with Crippen LogP contribution in [0.5, 0.6) is 0 Å². The maximum atomic E-state index is 12.5. The first-order chi connectivity index (χ1) is 9.61. The Hall–Kier alpha value is -1.15. The van der Waals surface area contributed by atoms with Crippen molar-refractivity contribution in [2.75, 3.05) is 13.2 Å². The number of hydrogen-bond donors (Lipinski definition) is 1. The summed E-state index contributed by atoms with van der Waals surface area (Å²) in [5.74, 6) is -0.121. The summed E-state index contributed by atoms with van der Waals surface area (Å²) in [5.41, 5.74) is 0.219. The molecule has 0 bridgehead atoms. The highest BCUT2D eigenvalue weighted by molar-refractivity contribution is 14.1. The summed E-state index contributed by atoms with van der Waals surface area (Å²) < 4.78 is 6.41. The van der Waals surface area contributed by atoms with Crippen molar-refractivity contribution in [1.29, 1.82) is 0 Å². The topological polar surface area (TPSA) is 58.6 Å². The van der Waals surface area contributed by atoms with Crippen LogP contribution >= 0.6 is 22.6 Å². The quantitative estimate of drug-likeness (QED) is 0.624. The maximum Gasteiger partial charge on any atom is 0.325 e. The van der Waals surface area contributed by atoms with Crippen LogP contribution in [0.3, 0.4) is 0 Å². The molecule has 2 fully saturated rings. The Morgan fingerprint density at radius 1 is 1.20 bits per heavy atom. The largest absolute Gasteiger partial charge is 0.381 e. The molecule has 3 amide bonds. The molecule has 0 unspecified atom stereocenters. The molecule has 6 heteroatoms. The Balaban J connectivity index is 1.78. The molecular weight excluding hydrogens is 371 g/mol. The van der Waals surface area contributed by atoms with Gasteiger partial charge < -0.3 is 10.1 Å². The summed E-state index contributed by atoms with van der Waals surface area (Å²) in [6.07, 6.45) is 1.11. The number of ether oxygens (including phenoxy) is 1. The molecule has 0 aliphatic carbocycles. The van der Waals surface area contributed by atoms with E-state index in [1.807, 2.05) is 24.3 Å². The number of hydrogen-bond acceptors (Lipinski definition) is 3. The molecule has 0 radical (unpaired) electrons. The van der Waals surface area contributed by atoms with Crippen LogP contribution in [0.25, 0.3) is 0 Å². The van der Waals surface area contributed by atoms with Gasteiger partial charge in [0.15, 0.2) is 0 Å². The van der Waals surface area contributed by atoms with Crippen LogP contribution in [0.4, 0.5) is 4.79 Å². The molecule has 0 saturated carbocycles. The molecule has 0 aromatic heterocycles. The summed E-state index contributed by atoms with van der Waals surface area (Å²) in [6.45, 7) is 1.36. The molecule has 1 aromatic carbocycles. The van der Waals surface area contributed by atoms with E-state index in [4.69, 9.17) is 4.74 Å². The maximum absolute atomic E-state index is 12.5. The van der Waals surface area contributed by atoms with Crippen molar-refractivity contribution in [3.05, 3.63) is 33.4 Å². The highest BCUT2D eigenvalue weighted by Crippen LogP contribution is 2.29. The van der Waals surface area contributed by atoms with Crippen molar-refractivity contribution in [3.63, 3.8) is 0 Å². The number of imide groups is 1. The lowest BCUT2D eigenvalue weighted by Gasteiger charge is -2.30. The zero-order chi connectivity index (χ0) is 14.2. The second-order valence-corrected chi connectivity index (χ2v) is 6.39. The van der Waals surface area contributed by atoms with Crippen molar-refractivity contribution < 1.29 is 14.3 Å². The average molecular weight is 386 g/mol. The minimum absolute atomic E-state index is 0.121. The Labute approximate surface area is 130 Å². The van der Waals surface area contributed by atoms with Crippen LogP contribution in [-0.2, 0) is 16.1 Å². The minimum atomic E-state index is -0.738. The van der Waals surface area contributed by atoms with Crippen molar-refractivity contribution in [1.82, 2.24) is 10.2 Å². The fourth-order valence-corrected chi connectivity index (χ4v) is 3.01. The van der Waals surface area contributed by atoms with E-state index in [0.29, 0.717) is 32.6 Å². The van der Waals surface area contributed by atoms with E-state index in [-0.39, 0.29) is 11.9 Å². The van der Waals surface area contributed by atoms with Gasteiger partial charge in [-0.2, -0.15) is 0 Å². The Morgan fingerprint density at radius 2 is 1.85 bits per heavy atom. The third kappa shape index (κ3) is 2.42. The summed E-state index contributed by atoms with van der Waals surface area (Å²) in [6, 6.07) is 7.53. The zero-order valence-electron chi connectivity index (χ0n) is 10.9. The molecule has 2 heterocycles. The predicted octanol–water partition coefficient (Wildman–Crippen LogP) is 1.89. The van der Waals surface area contributed by atoms with Crippen LogP contribution in [0.15, 0.2) is 24.3 Å². The number of carbonyl (C=O) groups is 2. The van der Waals surface area contributed by atoms with Gasteiger partial charge in [0, 0.05) is 29.6 Å². The summed E-state index contributed by atoms with van der Waals surface area (Å²) in [5, 5.41) is 2.86. The molecule has 3 rings (SSSR count). The van der Waals surface area contributed by atoms with Crippen molar-refractivity contribution >= 4 is 34.5 Å². The number of urea groups is 1. The Bertz CT molecular complexity index is 538. The van der Waals surface area contributed by atoms with Gasteiger partial charge in [-0.3, -0.25) is 9.69 Å². The Morgan fingerprint density at radius 3 is 2.50 bits per heavy atom. The molecule has 5 nitrogen and oxygen atoms in total. The summed E-state index contributed by atoms with van der Waals surface area (Å²) in [4.78, 5) is 25.9. The monoisotopic (exact) mass is 386 g/mol. The molecule has 2 aliphatic heterocycles. The second kappa shape index (κ2) is 5.33. The van der Waals surface area contributed by atoms with E-state index >= 15 is 0 Å². The molecule has 1 aromatic rings. The van der Waals surface area contributed by atoms with Gasteiger partial charge in [0.05, 0.1) is 6.54 Å². The van der Waals surface area contributed by atoms with Crippen LogP contribution < -0.4 is 5.32 Å². The molecule has 1 N–H and O–H groups in total. The molecule has 2 saturated heterocycles. The molecule has 1 spiro atoms. The van der Waals surface area contributed by atoms with Gasteiger partial charge in [0.1, 0.15) is 5.54 Å². The first-order valence-electron chi connectivity index (χ1n) is 6.57. The van der Waals surface area contributed by atoms with E-state index < -0.39 is 5.54 Å². The van der Waals surface area contributed by atoms with Crippen molar-refractivity contribution in [2.24, 2.45) is 0 Å². The zero-order valence-corrected chi connectivity index (χ0v) is 13.1. The predicted molar refractivity (Wildman–Crippen MR) is 81.0 cm³/mol. The van der Waals surface area contributed by atoms with E-state index in [9.17, 15) is 9.59 Å². The van der Waals surface area contributed by atoms with Crippen LogP contribution in [0, 0.1) is 3.57 Å². The van der Waals surface area contributed by atoms with Crippen LogP contribution in [-0.4, -0.2) is 35.6 Å². The lowest BCUT2D eigenvalue weighted by molar-refractivity contribution is -0.134. The van der Waals surface area contributed by atoms with Gasteiger partial charge >= 0.3 is 6.03 Å². The van der Waals surface area contributed by atoms with Gasteiger partial charge in [-0.25, -0.2) is 4.79 Å². The number of rotatable bonds is 2. The third-order valence-electron chi connectivity index (χ3n) is 3.85. The standard InChI is InChI=1S/C14H15IN2O3/c15-11-3-1-10(2-4-11)9-17-12(18)14(16-13(17)19)5-7-20-8-6-14/h1-4H,5-9H2,(H,16,19). The minimum Gasteiger partial charge on any atom is -0.381 e. The Kier molecular flexibility index (Phi) is 3.68. The first kappa shape index (κ1) is 13.8. The lowest BCUT2D eigenvalue weighted by Crippen LogP contribution is -2.51. The third-order valence-corrected chi connectivity index (χ3v) is 4.57. The fourth-order valence-electron chi connectivity index (χ4n) is 2.65. The van der Waals surface area contributed by atoms with Crippen molar-refractivity contribution in [2.45, 2.75) is 24.9 Å². The second-order valence-electron chi connectivity index (χ2n) is 5.14. The SMILES string of the molecule is O=C1NC2(CCOCC2)C(=O)N1Cc1ccc(I)cc1. The molecule has 20 heavy (non-hydrogen) atoms.